The van der Waals surface area contributed by atoms with Gasteiger partial charge in [0.05, 0.1) is 6.54 Å². The van der Waals surface area contributed by atoms with Crippen molar-refractivity contribution in [2.75, 3.05) is 13.1 Å². The first-order valence-corrected chi connectivity index (χ1v) is 7.38. The molecule has 2 aromatic rings. The molecule has 0 spiro atoms. The summed E-state index contributed by atoms with van der Waals surface area (Å²) in [4.78, 5) is 15.7. The van der Waals surface area contributed by atoms with E-state index in [9.17, 15) is 13.6 Å². The number of aromatic amines is 2. The predicted octanol–water partition coefficient (Wildman–Crippen LogP) is 2.16. The lowest BCUT2D eigenvalue weighted by Gasteiger charge is -2.33. The van der Waals surface area contributed by atoms with Gasteiger partial charge in [-0.2, -0.15) is 5.10 Å². The van der Waals surface area contributed by atoms with Crippen molar-refractivity contribution in [1.29, 1.82) is 0 Å². The number of H-pyrrole nitrogens is 2. The van der Waals surface area contributed by atoms with Gasteiger partial charge in [0.15, 0.2) is 0 Å². The summed E-state index contributed by atoms with van der Waals surface area (Å²) in [6.45, 7) is 1.94. The van der Waals surface area contributed by atoms with E-state index in [0.29, 0.717) is 38.3 Å². The second kappa shape index (κ2) is 6.39. The van der Waals surface area contributed by atoms with E-state index in [2.05, 4.69) is 20.1 Å². The van der Waals surface area contributed by atoms with Crippen LogP contribution in [0.4, 0.5) is 8.78 Å². The molecule has 0 saturated carbocycles. The monoisotopic (exact) mass is 308 g/mol. The number of piperidine rings is 1. The first-order valence-electron chi connectivity index (χ1n) is 7.38. The Balaban J connectivity index is 1.57. The molecule has 1 aromatic heterocycles. The SMILES string of the molecule is O=c1[nH]nc(CN2CCC([C@H](F)c3ccccc3F)CC2)[nH]1. The zero-order valence-electron chi connectivity index (χ0n) is 12.1. The maximum absolute atomic E-state index is 14.5. The van der Waals surface area contributed by atoms with Crippen LogP contribution in [0.1, 0.15) is 30.4 Å². The Kier molecular flexibility index (Phi) is 4.33. The van der Waals surface area contributed by atoms with Gasteiger partial charge < -0.3 is 0 Å². The highest BCUT2D eigenvalue weighted by atomic mass is 19.1. The molecular weight excluding hydrogens is 290 g/mol. The Morgan fingerprint density at radius 2 is 2.05 bits per heavy atom. The number of alkyl halides is 1. The number of aromatic nitrogens is 3. The van der Waals surface area contributed by atoms with Crippen LogP contribution < -0.4 is 5.69 Å². The summed E-state index contributed by atoms with van der Waals surface area (Å²) in [6, 6.07) is 6.04. The van der Waals surface area contributed by atoms with Crippen LogP contribution in [0.5, 0.6) is 0 Å². The van der Waals surface area contributed by atoms with Crippen LogP contribution in [-0.4, -0.2) is 33.2 Å². The van der Waals surface area contributed by atoms with Crippen molar-refractivity contribution in [3.63, 3.8) is 0 Å². The summed E-state index contributed by atoms with van der Waals surface area (Å²) in [5.41, 5.74) is -0.175. The predicted molar refractivity (Wildman–Crippen MR) is 77.5 cm³/mol. The average Bonchev–Trinajstić information content (AvgIpc) is 2.93. The third-order valence-corrected chi connectivity index (χ3v) is 4.17. The first kappa shape index (κ1) is 14.9. The lowest BCUT2D eigenvalue weighted by Crippen LogP contribution is -2.35. The highest BCUT2D eigenvalue weighted by molar-refractivity contribution is 5.20. The van der Waals surface area contributed by atoms with E-state index in [-0.39, 0.29) is 17.2 Å². The van der Waals surface area contributed by atoms with E-state index in [1.807, 2.05) is 0 Å². The van der Waals surface area contributed by atoms with Crippen molar-refractivity contribution in [2.45, 2.75) is 25.6 Å². The number of hydrogen-bond donors (Lipinski definition) is 2. The van der Waals surface area contributed by atoms with Gasteiger partial charge in [-0.15, -0.1) is 0 Å². The molecule has 0 aliphatic carbocycles. The van der Waals surface area contributed by atoms with Gasteiger partial charge in [0.25, 0.3) is 0 Å². The molecule has 1 aliphatic rings. The van der Waals surface area contributed by atoms with Crippen molar-refractivity contribution in [3.05, 3.63) is 52.0 Å². The number of likely N-dealkylation sites (tertiary alicyclic amines) is 1. The van der Waals surface area contributed by atoms with Crippen molar-refractivity contribution in [2.24, 2.45) is 5.92 Å². The van der Waals surface area contributed by atoms with Crippen LogP contribution >= 0.6 is 0 Å². The Morgan fingerprint density at radius 3 is 2.68 bits per heavy atom. The van der Waals surface area contributed by atoms with Gasteiger partial charge >= 0.3 is 5.69 Å². The maximum Gasteiger partial charge on any atom is 0.340 e. The zero-order valence-corrected chi connectivity index (χ0v) is 12.1. The standard InChI is InChI=1S/C15H18F2N4O/c16-12-4-2-1-3-11(12)14(17)10-5-7-21(8-6-10)9-13-18-15(22)20-19-13/h1-4,10,14H,5-9H2,(H2,18,19,20,22)/t14-/m0/s1. The van der Waals surface area contributed by atoms with Crippen molar-refractivity contribution >= 4 is 0 Å². The summed E-state index contributed by atoms with van der Waals surface area (Å²) < 4.78 is 28.2. The van der Waals surface area contributed by atoms with Gasteiger partial charge in [-0.3, -0.25) is 9.88 Å². The fraction of sp³-hybridized carbons (Fsp3) is 0.467. The first-order chi connectivity index (χ1) is 10.6. The fourth-order valence-electron chi connectivity index (χ4n) is 2.95. The van der Waals surface area contributed by atoms with E-state index >= 15 is 0 Å². The lowest BCUT2D eigenvalue weighted by molar-refractivity contribution is 0.113. The number of nitrogens with one attached hydrogen (secondary N) is 2. The van der Waals surface area contributed by atoms with Gasteiger partial charge in [-0.25, -0.2) is 18.7 Å². The maximum atomic E-state index is 14.5. The van der Waals surface area contributed by atoms with Crippen molar-refractivity contribution < 1.29 is 8.78 Å². The summed E-state index contributed by atoms with van der Waals surface area (Å²) >= 11 is 0. The van der Waals surface area contributed by atoms with E-state index in [0.717, 1.165) is 0 Å². The highest BCUT2D eigenvalue weighted by Gasteiger charge is 2.29. The largest absolute Gasteiger partial charge is 0.340 e. The van der Waals surface area contributed by atoms with E-state index in [1.54, 1.807) is 12.1 Å². The van der Waals surface area contributed by atoms with Gasteiger partial charge in [-0.1, -0.05) is 18.2 Å². The van der Waals surface area contributed by atoms with Crippen LogP contribution in [-0.2, 0) is 6.54 Å². The topological polar surface area (TPSA) is 64.8 Å². The van der Waals surface area contributed by atoms with Crippen LogP contribution in [0.15, 0.2) is 29.1 Å². The molecule has 118 valence electrons. The Morgan fingerprint density at radius 1 is 1.32 bits per heavy atom. The lowest BCUT2D eigenvalue weighted by atomic mass is 9.88. The van der Waals surface area contributed by atoms with E-state index < -0.39 is 12.0 Å². The molecular formula is C15H18F2N4O. The van der Waals surface area contributed by atoms with Crippen LogP contribution in [0.25, 0.3) is 0 Å². The molecule has 0 bridgehead atoms. The number of rotatable bonds is 4. The van der Waals surface area contributed by atoms with Crippen LogP contribution in [0.3, 0.4) is 0 Å². The molecule has 0 radical (unpaired) electrons. The quantitative estimate of drug-likeness (QED) is 0.909. The normalized spacial score (nSPS) is 18.5. The van der Waals surface area contributed by atoms with Gasteiger partial charge in [-0.05, 0) is 37.9 Å². The second-order valence-corrected chi connectivity index (χ2v) is 5.66. The number of benzene rings is 1. The molecule has 7 heteroatoms. The molecule has 2 N–H and O–H groups in total. The summed E-state index contributed by atoms with van der Waals surface area (Å²) in [5, 5.41) is 6.19. The van der Waals surface area contributed by atoms with E-state index in [4.69, 9.17) is 0 Å². The number of hydrogen-bond acceptors (Lipinski definition) is 3. The number of nitrogens with zero attached hydrogens (tertiary/aromatic N) is 2. The Hall–Kier alpha value is -2.02. The minimum absolute atomic E-state index is 0.151. The summed E-state index contributed by atoms with van der Waals surface area (Å²) in [5.74, 6) is -0.0766. The Bertz CT molecular complexity index is 676. The molecule has 22 heavy (non-hydrogen) atoms. The molecule has 0 amide bonds. The highest BCUT2D eigenvalue weighted by Crippen LogP contribution is 2.35. The zero-order chi connectivity index (χ0) is 15.5. The molecule has 0 unspecified atom stereocenters. The van der Waals surface area contributed by atoms with Crippen molar-refractivity contribution in [3.8, 4) is 0 Å². The molecule has 5 nitrogen and oxygen atoms in total. The van der Waals surface area contributed by atoms with Gasteiger partial charge in [0, 0.05) is 5.56 Å². The molecule has 1 fully saturated rings. The third-order valence-electron chi connectivity index (χ3n) is 4.17. The van der Waals surface area contributed by atoms with Crippen LogP contribution in [0.2, 0.25) is 0 Å². The molecule has 1 saturated heterocycles. The van der Waals surface area contributed by atoms with E-state index in [1.165, 1.54) is 12.1 Å². The van der Waals surface area contributed by atoms with Crippen LogP contribution in [0, 0.1) is 11.7 Å². The smallest absolute Gasteiger partial charge is 0.296 e. The average molecular weight is 308 g/mol. The minimum atomic E-state index is -1.27. The number of halogens is 2. The van der Waals surface area contributed by atoms with Gasteiger partial charge in [0.1, 0.15) is 17.8 Å². The summed E-state index contributed by atoms with van der Waals surface area (Å²) in [7, 11) is 0. The summed E-state index contributed by atoms with van der Waals surface area (Å²) in [6.07, 6.45) is 0.0439. The Labute approximate surface area is 126 Å². The fourth-order valence-corrected chi connectivity index (χ4v) is 2.95. The molecule has 3 rings (SSSR count). The molecule has 2 heterocycles. The minimum Gasteiger partial charge on any atom is -0.296 e. The van der Waals surface area contributed by atoms with Gasteiger partial charge in [0.2, 0.25) is 0 Å². The molecule has 1 aliphatic heterocycles. The molecule has 1 atom stereocenters. The second-order valence-electron chi connectivity index (χ2n) is 5.66. The molecule has 1 aromatic carbocycles. The third kappa shape index (κ3) is 3.24. The van der Waals surface area contributed by atoms with Crippen molar-refractivity contribution in [1.82, 2.24) is 20.1 Å².